The summed E-state index contributed by atoms with van der Waals surface area (Å²) in [6.07, 6.45) is 2.14. The van der Waals surface area contributed by atoms with E-state index in [0.717, 1.165) is 5.56 Å². The summed E-state index contributed by atoms with van der Waals surface area (Å²) in [4.78, 5) is 23.2. The van der Waals surface area contributed by atoms with Crippen molar-refractivity contribution in [1.29, 1.82) is 0 Å². The van der Waals surface area contributed by atoms with E-state index in [2.05, 4.69) is 21.1 Å². The summed E-state index contributed by atoms with van der Waals surface area (Å²) in [6.45, 7) is 1.76. The molecular weight excluding hydrogens is 284 g/mol. The number of amides is 2. The first-order valence-electron chi connectivity index (χ1n) is 6.90. The Morgan fingerprint density at radius 3 is 2.95 bits per heavy atom. The molecule has 2 N–H and O–H groups in total. The van der Waals surface area contributed by atoms with E-state index in [4.69, 9.17) is 4.74 Å². The maximum Gasteiger partial charge on any atom is 0.248 e. The first kappa shape index (κ1) is 15.7. The fraction of sp³-hybridized carbons (Fsp3) is 0.333. The third-order valence-electron chi connectivity index (χ3n) is 3.36. The Hall–Kier alpha value is -2.70. The van der Waals surface area contributed by atoms with E-state index in [1.54, 1.807) is 14.0 Å². The average Bonchev–Trinajstić information content (AvgIpc) is 2.84. The molecule has 7 heteroatoms. The number of methoxy groups -OCH3 is 1. The lowest BCUT2D eigenvalue weighted by molar-refractivity contribution is -0.123. The van der Waals surface area contributed by atoms with Gasteiger partial charge in [0, 0.05) is 17.7 Å². The van der Waals surface area contributed by atoms with Crippen molar-refractivity contribution in [3.8, 4) is 5.75 Å². The Morgan fingerprint density at radius 1 is 1.50 bits per heavy atom. The molecule has 0 unspecified atom stereocenters. The van der Waals surface area contributed by atoms with Crippen LogP contribution in [0.5, 0.6) is 5.75 Å². The minimum Gasteiger partial charge on any atom is -0.496 e. The lowest BCUT2D eigenvalue weighted by Gasteiger charge is -2.06. The number of hydrogen-bond acceptors (Lipinski definition) is 5. The quantitative estimate of drug-likeness (QED) is 0.607. The number of benzene rings is 1. The van der Waals surface area contributed by atoms with E-state index in [1.807, 2.05) is 24.3 Å². The zero-order valence-corrected chi connectivity index (χ0v) is 12.5. The van der Waals surface area contributed by atoms with Crippen LogP contribution in [0.4, 0.5) is 0 Å². The van der Waals surface area contributed by atoms with Crippen molar-refractivity contribution in [2.24, 2.45) is 16.1 Å². The van der Waals surface area contributed by atoms with Gasteiger partial charge in [0.05, 0.1) is 19.2 Å². The van der Waals surface area contributed by atoms with Gasteiger partial charge in [-0.1, -0.05) is 12.1 Å². The van der Waals surface area contributed by atoms with Crippen LogP contribution in [0.1, 0.15) is 25.3 Å². The number of carbonyl (C=O) groups excluding carboxylic acids is 2. The van der Waals surface area contributed by atoms with Gasteiger partial charge in [-0.2, -0.15) is 10.2 Å². The van der Waals surface area contributed by atoms with Gasteiger partial charge in [-0.05, 0) is 25.5 Å². The fourth-order valence-electron chi connectivity index (χ4n) is 2.11. The summed E-state index contributed by atoms with van der Waals surface area (Å²) in [5, 5.41) is 7.74. The Bertz CT molecular complexity index is 625. The smallest absolute Gasteiger partial charge is 0.248 e. The second kappa shape index (κ2) is 7.35. The van der Waals surface area contributed by atoms with Gasteiger partial charge in [-0.25, -0.2) is 10.9 Å². The second-order valence-corrected chi connectivity index (χ2v) is 4.86. The normalized spacial score (nSPS) is 17.3. The number of rotatable bonds is 6. The number of para-hydroxylation sites is 1. The fourth-order valence-corrected chi connectivity index (χ4v) is 2.11. The largest absolute Gasteiger partial charge is 0.496 e. The van der Waals surface area contributed by atoms with E-state index in [-0.39, 0.29) is 24.2 Å². The van der Waals surface area contributed by atoms with Crippen molar-refractivity contribution in [1.82, 2.24) is 10.9 Å². The number of ether oxygens (including phenoxy) is 1. The van der Waals surface area contributed by atoms with Crippen LogP contribution in [-0.2, 0) is 9.59 Å². The van der Waals surface area contributed by atoms with E-state index in [1.165, 1.54) is 6.21 Å². The molecule has 116 valence electrons. The second-order valence-electron chi connectivity index (χ2n) is 4.86. The minimum atomic E-state index is -0.330. The summed E-state index contributed by atoms with van der Waals surface area (Å²) in [5.41, 5.74) is 6.30. The molecule has 1 aliphatic heterocycles. The van der Waals surface area contributed by atoms with E-state index < -0.39 is 0 Å². The Labute approximate surface area is 128 Å². The number of nitrogens with zero attached hydrogens (tertiary/aromatic N) is 2. The number of nitrogens with one attached hydrogen (secondary N) is 2. The average molecular weight is 302 g/mol. The molecule has 7 nitrogen and oxygen atoms in total. The third-order valence-corrected chi connectivity index (χ3v) is 3.36. The molecule has 1 aromatic rings. The lowest BCUT2D eigenvalue weighted by atomic mass is 9.99. The van der Waals surface area contributed by atoms with Crippen molar-refractivity contribution in [3.63, 3.8) is 0 Å². The Kier molecular flexibility index (Phi) is 5.24. The first-order chi connectivity index (χ1) is 10.6. The highest BCUT2D eigenvalue weighted by Gasteiger charge is 2.26. The summed E-state index contributed by atoms with van der Waals surface area (Å²) in [5.74, 6) is -0.0691. The highest BCUT2D eigenvalue weighted by Crippen LogP contribution is 2.15. The van der Waals surface area contributed by atoms with Gasteiger partial charge < -0.3 is 4.74 Å². The SMILES string of the molecule is COc1ccccc1/C=N\NC(=O)CC[C@H]1C(=O)NN=C1C. The molecule has 1 aromatic carbocycles. The molecule has 0 aromatic heterocycles. The molecule has 0 aliphatic carbocycles. The van der Waals surface area contributed by atoms with Crippen molar-refractivity contribution >= 4 is 23.7 Å². The molecule has 0 radical (unpaired) electrons. The van der Waals surface area contributed by atoms with Crippen LogP contribution < -0.4 is 15.6 Å². The Balaban J connectivity index is 1.81. The van der Waals surface area contributed by atoms with Crippen molar-refractivity contribution in [2.45, 2.75) is 19.8 Å². The van der Waals surface area contributed by atoms with Crippen molar-refractivity contribution in [3.05, 3.63) is 29.8 Å². The predicted molar refractivity (Wildman–Crippen MR) is 82.7 cm³/mol. The van der Waals surface area contributed by atoms with Crippen LogP contribution in [0.25, 0.3) is 0 Å². The highest BCUT2D eigenvalue weighted by atomic mass is 16.5. The van der Waals surface area contributed by atoms with Crippen molar-refractivity contribution < 1.29 is 14.3 Å². The molecule has 0 saturated heterocycles. The van der Waals surface area contributed by atoms with E-state index in [9.17, 15) is 9.59 Å². The number of carbonyl (C=O) groups is 2. The van der Waals surface area contributed by atoms with Gasteiger partial charge in [0.25, 0.3) is 0 Å². The van der Waals surface area contributed by atoms with Crippen LogP contribution in [-0.4, -0.2) is 30.9 Å². The molecule has 0 bridgehead atoms. The maximum atomic E-state index is 11.7. The van der Waals surface area contributed by atoms with Gasteiger partial charge in [0.1, 0.15) is 5.75 Å². The van der Waals surface area contributed by atoms with E-state index in [0.29, 0.717) is 17.9 Å². The molecule has 0 saturated carbocycles. The number of hydrogen-bond donors (Lipinski definition) is 2. The molecular formula is C15H18N4O3. The summed E-state index contributed by atoms with van der Waals surface area (Å²) < 4.78 is 5.18. The summed E-state index contributed by atoms with van der Waals surface area (Å²) in [7, 11) is 1.57. The highest BCUT2D eigenvalue weighted by molar-refractivity contribution is 6.07. The van der Waals surface area contributed by atoms with Crippen LogP contribution in [0, 0.1) is 5.92 Å². The third kappa shape index (κ3) is 3.91. The molecule has 1 atom stereocenters. The van der Waals surface area contributed by atoms with Crippen LogP contribution in [0.15, 0.2) is 34.5 Å². The van der Waals surface area contributed by atoms with Crippen molar-refractivity contribution in [2.75, 3.05) is 7.11 Å². The predicted octanol–water partition coefficient (Wildman–Crippen LogP) is 1.05. The standard InChI is InChI=1S/C15H18N4O3/c1-10-12(15(21)19-17-10)7-8-14(20)18-16-9-11-5-3-4-6-13(11)22-2/h3-6,9,12H,7-8H2,1-2H3,(H,18,20)(H,19,21)/b16-9-/t12-/m1/s1. The van der Waals surface area contributed by atoms with Gasteiger partial charge >= 0.3 is 0 Å². The molecule has 1 heterocycles. The minimum absolute atomic E-state index is 0.164. The molecule has 0 fully saturated rings. The Morgan fingerprint density at radius 2 is 2.27 bits per heavy atom. The van der Waals surface area contributed by atoms with Gasteiger partial charge in [0.2, 0.25) is 11.8 Å². The maximum absolute atomic E-state index is 11.7. The molecule has 2 rings (SSSR count). The first-order valence-corrected chi connectivity index (χ1v) is 6.90. The topological polar surface area (TPSA) is 92.1 Å². The van der Waals surface area contributed by atoms with Gasteiger partial charge in [-0.15, -0.1) is 0 Å². The molecule has 2 amide bonds. The van der Waals surface area contributed by atoms with Crippen LogP contribution >= 0.6 is 0 Å². The van der Waals surface area contributed by atoms with E-state index >= 15 is 0 Å². The van der Waals surface area contributed by atoms with Gasteiger partial charge in [0.15, 0.2) is 0 Å². The van der Waals surface area contributed by atoms with Crippen LogP contribution in [0.2, 0.25) is 0 Å². The summed E-state index contributed by atoms with van der Waals surface area (Å²) >= 11 is 0. The lowest BCUT2D eigenvalue weighted by Crippen LogP contribution is -2.25. The zero-order chi connectivity index (χ0) is 15.9. The molecule has 0 spiro atoms. The number of hydrazone groups is 2. The molecule has 1 aliphatic rings. The monoisotopic (exact) mass is 302 g/mol. The van der Waals surface area contributed by atoms with Crippen LogP contribution in [0.3, 0.4) is 0 Å². The van der Waals surface area contributed by atoms with Gasteiger partial charge in [-0.3, -0.25) is 9.59 Å². The molecule has 22 heavy (non-hydrogen) atoms. The summed E-state index contributed by atoms with van der Waals surface area (Å²) in [6, 6.07) is 7.35. The zero-order valence-electron chi connectivity index (χ0n) is 12.5.